The second kappa shape index (κ2) is 10.8. The normalized spacial score (nSPS) is 15.9. The molecule has 0 fully saturated rings. The SMILES string of the molecule is CC1=CCC(C)(c2ccc3c(c2)c2ccccc2n3-c2cc(Br)cc(-n3c4ccccc4c4ccccc43)c2C#N)c2c1[nH]c1c(C)cccc21. The summed E-state index contributed by atoms with van der Waals surface area (Å²) in [5.74, 6) is 0. The molecule has 0 saturated carbocycles. The fourth-order valence-corrected chi connectivity index (χ4v) is 9.29. The van der Waals surface area contributed by atoms with Gasteiger partial charge in [-0.15, -0.1) is 0 Å². The van der Waals surface area contributed by atoms with E-state index in [1.807, 2.05) is 0 Å². The Hall–Kier alpha value is -5.83. The second-order valence-corrected chi connectivity index (χ2v) is 15.1. The molecule has 9 aromatic rings. The predicted octanol–water partition coefficient (Wildman–Crippen LogP) is 12.4. The number of benzene rings is 6. The smallest absolute Gasteiger partial charge is 0.104 e. The lowest BCUT2D eigenvalue weighted by Crippen LogP contribution is -2.26. The van der Waals surface area contributed by atoms with E-state index < -0.39 is 0 Å². The lowest BCUT2D eigenvalue weighted by Gasteiger charge is -2.34. The number of H-pyrrole nitrogens is 1. The van der Waals surface area contributed by atoms with Crippen molar-refractivity contribution in [2.24, 2.45) is 0 Å². The van der Waals surface area contributed by atoms with Crippen molar-refractivity contribution in [3.05, 3.63) is 160 Å². The molecule has 1 unspecified atom stereocenters. The van der Waals surface area contributed by atoms with Gasteiger partial charge >= 0.3 is 0 Å². The summed E-state index contributed by atoms with van der Waals surface area (Å²) in [6.07, 6.45) is 3.31. The summed E-state index contributed by atoms with van der Waals surface area (Å²) in [5, 5.41) is 17.0. The number of allylic oxidation sites excluding steroid dienone is 2. The third kappa shape index (κ3) is 4.11. The molecule has 0 aliphatic heterocycles. The lowest BCUT2D eigenvalue weighted by atomic mass is 9.69. The summed E-state index contributed by atoms with van der Waals surface area (Å²) in [6.45, 7) is 6.80. The van der Waals surface area contributed by atoms with E-state index >= 15 is 0 Å². The van der Waals surface area contributed by atoms with E-state index in [-0.39, 0.29) is 5.41 Å². The minimum atomic E-state index is -0.227. The molecule has 1 aliphatic rings. The Kier molecular flexibility index (Phi) is 6.38. The molecule has 244 valence electrons. The summed E-state index contributed by atoms with van der Waals surface area (Å²) < 4.78 is 5.43. The molecule has 1 aliphatic carbocycles. The highest BCUT2D eigenvalue weighted by Gasteiger charge is 2.37. The number of nitrogens with one attached hydrogen (secondary N) is 1. The van der Waals surface area contributed by atoms with Crippen LogP contribution in [0.5, 0.6) is 0 Å². The van der Waals surface area contributed by atoms with Crippen LogP contribution in [0.4, 0.5) is 0 Å². The number of hydrogen-bond donors (Lipinski definition) is 1. The Bertz CT molecular complexity index is 2960. The molecule has 10 rings (SSSR count). The summed E-state index contributed by atoms with van der Waals surface area (Å²) in [4.78, 5) is 3.80. The van der Waals surface area contributed by atoms with Crippen LogP contribution in [0.3, 0.4) is 0 Å². The molecule has 51 heavy (non-hydrogen) atoms. The van der Waals surface area contributed by atoms with Gasteiger partial charge in [0.05, 0.1) is 33.4 Å². The number of rotatable bonds is 3. The van der Waals surface area contributed by atoms with E-state index in [9.17, 15) is 5.26 Å². The third-order valence-corrected chi connectivity index (χ3v) is 11.8. The van der Waals surface area contributed by atoms with Gasteiger partial charge in [0.1, 0.15) is 11.6 Å². The van der Waals surface area contributed by atoms with Gasteiger partial charge in [-0.1, -0.05) is 108 Å². The van der Waals surface area contributed by atoms with Crippen molar-refractivity contribution in [3.8, 4) is 17.4 Å². The van der Waals surface area contributed by atoms with Gasteiger partial charge in [-0.2, -0.15) is 5.26 Å². The zero-order valence-electron chi connectivity index (χ0n) is 28.6. The first kappa shape index (κ1) is 30.0. The quantitative estimate of drug-likeness (QED) is 0.194. The fraction of sp³-hybridized carbons (Fsp3) is 0.109. The molecular weight excluding hydrogens is 688 g/mol. The van der Waals surface area contributed by atoms with Crippen LogP contribution >= 0.6 is 15.9 Å². The molecule has 1 N–H and O–H groups in total. The first-order chi connectivity index (χ1) is 24.9. The van der Waals surface area contributed by atoms with Crippen LogP contribution in [-0.4, -0.2) is 14.1 Å². The van der Waals surface area contributed by atoms with Crippen LogP contribution in [0.15, 0.2) is 132 Å². The van der Waals surface area contributed by atoms with Crippen LogP contribution in [0, 0.1) is 18.3 Å². The molecular formula is C46H33BrN4. The minimum Gasteiger partial charge on any atom is -0.354 e. The van der Waals surface area contributed by atoms with E-state index in [1.54, 1.807) is 0 Å². The zero-order chi connectivity index (χ0) is 34.6. The van der Waals surface area contributed by atoms with Crippen LogP contribution < -0.4 is 0 Å². The van der Waals surface area contributed by atoms with Crippen molar-refractivity contribution in [2.75, 3.05) is 0 Å². The number of aryl methyl sites for hydroxylation is 1. The van der Waals surface area contributed by atoms with Gasteiger partial charge in [-0.25, -0.2) is 0 Å². The van der Waals surface area contributed by atoms with Gasteiger partial charge < -0.3 is 14.1 Å². The van der Waals surface area contributed by atoms with Gasteiger partial charge in [0.25, 0.3) is 0 Å². The molecule has 3 aromatic heterocycles. The summed E-state index contributed by atoms with van der Waals surface area (Å²) >= 11 is 3.87. The average molecular weight is 722 g/mol. The van der Waals surface area contributed by atoms with Crippen LogP contribution in [0.25, 0.3) is 71.5 Å². The van der Waals surface area contributed by atoms with E-state index in [0.717, 1.165) is 60.5 Å². The van der Waals surface area contributed by atoms with Crippen molar-refractivity contribution >= 4 is 76.0 Å². The van der Waals surface area contributed by atoms with Crippen molar-refractivity contribution < 1.29 is 0 Å². The topological polar surface area (TPSA) is 49.4 Å². The Labute approximate surface area is 304 Å². The molecule has 0 bridgehead atoms. The van der Waals surface area contributed by atoms with Gasteiger partial charge in [0.2, 0.25) is 0 Å². The molecule has 6 aromatic carbocycles. The number of nitrogens with zero attached hydrogens (tertiary/aromatic N) is 3. The van der Waals surface area contributed by atoms with Gasteiger partial charge in [-0.3, -0.25) is 0 Å². The Morgan fingerprint density at radius 2 is 1.22 bits per heavy atom. The van der Waals surface area contributed by atoms with Crippen molar-refractivity contribution in [2.45, 2.75) is 32.6 Å². The Morgan fingerprint density at radius 1 is 0.667 bits per heavy atom. The highest BCUT2D eigenvalue weighted by molar-refractivity contribution is 9.10. The highest BCUT2D eigenvalue weighted by atomic mass is 79.9. The average Bonchev–Trinajstić information content (AvgIpc) is 3.82. The molecule has 0 amide bonds. The summed E-state index contributed by atoms with van der Waals surface area (Å²) in [6, 6.07) is 45.9. The first-order valence-corrected chi connectivity index (χ1v) is 18.2. The van der Waals surface area contributed by atoms with Crippen molar-refractivity contribution in [1.82, 2.24) is 14.1 Å². The van der Waals surface area contributed by atoms with E-state index in [4.69, 9.17) is 0 Å². The monoisotopic (exact) mass is 720 g/mol. The van der Waals surface area contributed by atoms with Gasteiger partial charge in [0.15, 0.2) is 0 Å². The number of fused-ring (bicyclic) bond motifs is 9. The maximum atomic E-state index is 11.0. The molecule has 0 radical (unpaired) electrons. The van der Waals surface area contributed by atoms with Crippen LogP contribution in [0.1, 0.15) is 48.2 Å². The fourth-order valence-electron chi connectivity index (χ4n) is 8.86. The lowest BCUT2D eigenvalue weighted by molar-refractivity contribution is 0.578. The number of para-hydroxylation sites is 4. The Morgan fingerprint density at radius 3 is 1.82 bits per heavy atom. The number of hydrogen-bond acceptors (Lipinski definition) is 1. The molecule has 5 heteroatoms. The standard InChI is InChI=1S/C46H33BrN4/c1-27-11-10-15-34-43-45(49-44(27)34)28(2)21-22-46(43,3)29-19-20-40-35(23-29)33-14-6-9-18-39(33)51(40)42-25-30(47)24-41(36(42)26-48)50-37-16-7-4-12-31(37)32-13-5-8-17-38(32)50/h4-21,23-25,49H,22H2,1-3H3. The van der Waals surface area contributed by atoms with Crippen molar-refractivity contribution in [3.63, 3.8) is 0 Å². The number of aromatic nitrogens is 3. The molecule has 0 spiro atoms. The highest BCUT2D eigenvalue weighted by Crippen LogP contribution is 2.49. The van der Waals surface area contributed by atoms with Gasteiger partial charge in [0, 0.05) is 48.0 Å². The largest absolute Gasteiger partial charge is 0.354 e. The van der Waals surface area contributed by atoms with Gasteiger partial charge in [-0.05, 0) is 85.0 Å². The second-order valence-electron chi connectivity index (χ2n) is 14.2. The number of halogens is 1. The Balaban J connectivity index is 1.24. The molecule has 4 nitrogen and oxygen atoms in total. The summed E-state index contributed by atoms with van der Waals surface area (Å²) in [7, 11) is 0. The maximum absolute atomic E-state index is 11.0. The molecule has 1 atom stereocenters. The van der Waals surface area contributed by atoms with E-state index in [1.165, 1.54) is 44.2 Å². The van der Waals surface area contributed by atoms with E-state index in [2.05, 4.69) is 184 Å². The number of aromatic amines is 1. The molecule has 0 saturated heterocycles. The first-order valence-electron chi connectivity index (χ1n) is 17.4. The minimum absolute atomic E-state index is 0.227. The van der Waals surface area contributed by atoms with Crippen molar-refractivity contribution in [1.29, 1.82) is 5.26 Å². The maximum Gasteiger partial charge on any atom is 0.104 e. The van der Waals surface area contributed by atoms with E-state index in [0.29, 0.717) is 5.56 Å². The zero-order valence-corrected chi connectivity index (χ0v) is 30.1. The third-order valence-electron chi connectivity index (χ3n) is 11.3. The van der Waals surface area contributed by atoms with Crippen LogP contribution in [-0.2, 0) is 5.41 Å². The predicted molar refractivity (Wildman–Crippen MR) is 215 cm³/mol. The van der Waals surface area contributed by atoms with Crippen LogP contribution in [0.2, 0.25) is 0 Å². The number of nitriles is 1. The molecule has 3 heterocycles. The summed E-state index contributed by atoms with van der Waals surface area (Å²) in [5.41, 5.74) is 14.1.